The Bertz CT molecular complexity index is 986. The molecule has 0 atom stereocenters. The zero-order chi connectivity index (χ0) is 17.5. The number of furan rings is 1. The first-order valence-corrected chi connectivity index (χ1v) is 8.67. The number of aryl methyl sites for hydroxylation is 2. The number of hydrogen-bond donors (Lipinski definition) is 0. The first kappa shape index (κ1) is 16.4. The van der Waals surface area contributed by atoms with Crippen LogP contribution >= 0.6 is 0 Å². The number of aromatic nitrogens is 2. The molecule has 3 aromatic rings. The SMILES string of the molecule is Cc1cccc(-c2noc(-c3cc(S(=O)(=O)N(C)C)oc3C)n2)c1. The summed E-state index contributed by atoms with van der Waals surface area (Å²) in [5, 5.41) is 3.81. The van der Waals surface area contributed by atoms with Crippen molar-refractivity contribution in [2.24, 2.45) is 0 Å². The average Bonchev–Trinajstić information content (AvgIpc) is 3.13. The molecule has 0 unspecified atom stereocenters. The second-order valence-electron chi connectivity index (χ2n) is 5.62. The van der Waals surface area contributed by atoms with Crippen LogP contribution in [0.15, 0.2) is 44.4 Å². The minimum absolute atomic E-state index is 0.157. The Kier molecular flexibility index (Phi) is 4.02. The van der Waals surface area contributed by atoms with E-state index >= 15 is 0 Å². The van der Waals surface area contributed by atoms with Gasteiger partial charge in [0.25, 0.3) is 15.9 Å². The van der Waals surface area contributed by atoms with Gasteiger partial charge in [0.15, 0.2) is 0 Å². The minimum atomic E-state index is -3.66. The Morgan fingerprint density at radius 3 is 2.54 bits per heavy atom. The number of rotatable bonds is 4. The van der Waals surface area contributed by atoms with Gasteiger partial charge in [0.05, 0.1) is 5.56 Å². The van der Waals surface area contributed by atoms with E-state index in [-0.39, 0.29) is 11.0 Å². The van der Waals surface area contributed by atoms with Gasteiger partial charge >= 0.3 is 0 Å². The molecule has 126 valence electrons. The van der Waals surface area contributed by atoms with Crippen LogP contribution in [0.1, 0.15) is 11.3 Å². The Morgan fingerprint density at radius 1 is 1.12 bits per heavy atom. The van der Waals surface area contributed by atoms with E-state index in [1.54, 1.807) is 6.92 Å². The van der Waals surface area contributed by atoms with Gasteiger partial charge in [0.2, 0.25) is 10.9 Å². The minimum Gasteiger partial charge on any atom is -0.448 e. The van der Waals surface area contributed by atoms with Gasteiger partial charge in [-0.25, -0.2) is 12.7 Å². The van der Waals surface area contributed by atoms with Gasteiger partial charge < -0.3 is 8.94 Å². The Morgan fingerprint density at radius 2 is 1.88 bits per heavy atom. The molecule has 1 aromatic carbocycles. The van der Waals surface area contributed by atoms with Crippen LogP contribution in [0, 0.1) is 13.8 Å². The van der Waals surface area contributed by atoms with Crippen LogP contribution in [0.5, 0.6) is 0 Å². The summed E-state index contributed by atoms with van der Waals surface area (Å²) in [5.74, 6) is 1.05. The topological polar surface area (TPSA) is 89.4 Å². The van der Waals surface area contributed by atoms with Gasteiger partial charge in [-0.2, -0.15) is 4.98 Å². The number of benzene rings is 1. The van der Waals surface area contributed by atoms with Crippen molar-refractivity contribution in [1.29, 1.82) is 0 Å². The van der Waals surface area contributed by atoms with Gasteiger partial charge in [0.1, 0.15) is 5.76 Å². The predicted octanol–water partition coefficient (Wildman–Crippen LogP) is 2.86. The second kappa shape index (κ2) is 5.88. The molecule has 0 radical (unpaired) electrons. The Balaban J connectivity index is 2.01. The molecule has 0 saturated heterocycles. The maximum atomic E-state index is 12.2. The maximum absolute atomic E-state index is 12.2. The van der Waals surface area contributed by atoms with E-state index in [0.29, 0.717) is 17.1 Å². The van der Waals surface area contributed by atoms with E-state index in [2.05, 4.69) is 10.1 Å². The number of nitrogens with zero attached hydrogens (tertiary/aromatic N) is 3. The average molecular weight is 347 g/mol. The van der Waals surface area contributed by atoms with Crippen molar-refractivity contribution in [2.75, 3.05) is 14.1 Å². The fourth-order valence-corrected chi connectivity index (χ4v) is 3.07. The highest BCUT2D eigenvalue weighted by molar-refractivity contribution is 7.88. The quantitative estimate of drug-likeness (QED) is 0.721. The number of hydrogen-bond acceptors (Lipinski definition) is 6. The molecular formula is C16H17N3O4S. The molecule has 0 N–H and O–H groups in total. The second-order valence-corrected chi connectivity index (χ2v) is 7.70. The summed E-state index contributed by atoms with van der Waals surface area (Å²) in [7, 11) is -0.781. The summed E-state index contributed by atoms with van der Waals surface area (Å²) in [6.45, 7) is 3.63. The van der Waals surface area contributed by atoms with Crippen LogP contribution in [-0.2, 0) is 10.0 Å². The molecule has 7 nitrogen and oxygen atoms in total. The molecule has 0 aliphatic rings. The van der Waals surface area contributed by atoms with Crippen LogP contribution < -0.4 is 0 Å². The van der Waals surface area contributed by atoms with Gasteiger partial charge in [0, 0.05) is 25.7 Å². The van der Waals surface area contributed by atoms with Crippen molar-refractivity contribution in [3.8, 4) is 22.8 Å². The zero-order valence-electron chi connectivity index (χ0n) is 13.8. The van der Waals surface area contributed by atoms with Crippen LogP contribution in [0.3, 0.4) is 0 Å². The standard InChI is InChI=1S/C16H17N3O4S/c1-10-6-5-7-12(8-10)15-17-16(23-18-15)13-9-14(22-11(13)2)24(20,21)19(3)4/h5-9H,1-4H3. The van der Waals surface area contributed by atoms with E-state index in [1.165, 1.54) is 20.2 Å². The largest absolute Gasteiger partial charge is 0.448 e. The first-order chi connectivity index (χ1) is 11.3. The lowest BCUT2D eigenvalue weighted by Gasteiger charge is -2.07. The van der Waals surface area contributed by atoms with E-state index in [4.69, 9.17) is 8.94 Å². The summed E-state index contributed by atoms with van der Waals surface area (Å²) in [5.41, 5.74) is 2.37. The van der Waals surface area contributed by atoms with Crippen molar-refractivity contribution in [2.45, 2.75) is 18.9 Å². The molecule has 3 rings (SSSR count). The van der Waals surface area contributed by atoms with Crippen molar-refractivity contribution in [3.05, 3.63) is 41.7 Å². The number of sulfonamides is 1. The summed E-state index contributed by atoms with van der Waals surface area (Å²) >= 11 is 0. The molecule has 2 aromatic heterocycles. The summed E-state index contributed by atoms with van der Waals surface area (Å²) < 4.78 is 36.1. The summed E-state index contributed by atoms with van der Waals surface area (Å²) in [6.07, 6.45) is 0. The molecule has 2 heterocycles. The van der Waals surface area contributed by atoms with E-state index in [0.717, 1.165) is 15.4 Å². The van der Waals surface area contributed by atoms with Crippen molar-refractivity contribution < 1.29 is 17.4 Å². The van der Waals surface area contributed by atoms with E-state index in [9.17, 15) is 8.42 Å². The lowest BCUT2D eigenvalue weighted by Crippen LogP contribution is -2.21. The summed E-state index contributed by atoms with van der Waals surface area (Å²) in [4.78, 5) is 4.35. The van der Waals surface area contributed by atoms with Crippen LogP contribution in [-0.4, -0.2) is 37.0 Å². The smallest absolute Gasteiger partial charge is 0.275 e. The molecule has 0 spiro atoms. The molecule has 0 bridgehead atoms. The lowest BCUT2D eigenvalue weighted by atomic mass is 10.1. The Labute approximate surface area is 140 Å². The highest BCUT2D eigenvalue weighted by Crippen LogP contribution is 2.30. The van der Waals surface area contributed by atoms with Crippen LogP contribution in [0.4, 0.5) is 0 Å². The third-order valence-electron chi connectivity index (χ3n) is 3.56. The predicted molar refractivity (Wildman–Crippen MR) is 87.8 cm³/mol. The van der Waals surface area contributed by atoms with E-state index < -0.39 is 10.0 Å². The normalized spacial score (nSPS) is 12.0. The molecular weight excluding hydrogens is 330 g/mol. The fraction of sp³-hybridized carbons (Fsp3) is 0.250. The molecule has 24 heavy (non-hydrogen) atoms. The molecule has 0 aliphatic carbocycles. The monoisotopic (exact) mass is 347 g/mol. The van der Waals surface area contributed by atoms with Crippen molar-refractivity contribution in [1.82, 2.24) is 14.4 Å². The van der Waals surface area contributed by atoms with Crippen molar-refractivity contribution >= 4 is 10.0 Å². The van der Waals surface area contributed by atoms with Gasteiger partial charge in [-0.1, -0.05) is 28.9 Å². The fourth-order valence-electron chi connectivity index (χ4n) is 2.21. The van der Waals surface area contributed by atoms with Gasteiger partial charge in [-0.05, 0) is 19.9 Å². The van der Waals surface area contributed by atoms with Gasteiger partial charge in [-0.15, -0.1) is 0 Å². The van der Waals surface area contributed by atoms with Crippen molar-refractivity contribution in [3.63, 3.8) is 0 Å². The Hall–Kier alpha value is -2.45. The molecule has 0 amide bonds. The highest BCUT2D eigenvalue weighted by Gasteiger charge is 2.26. The molecule has 0 fully saturated rings. The van der Waals surface area contributed by atoms with E-state index in [1.807, 2.05) is 31.2 Å². The maximum Gasteiger partial charge on any atom is 0.275 e. The summed E-state index contributed by atoms with van der Waals surface area (Å²) in [6, 6.07) is 9.11. The lowest BCUT2D eigenvalue weighted by molar-refractivity contribution is 0.407. The first-order valence-electron chi connectivity index (χ1n) is 7.23. The molecule has 8 heteroatoms. The molecule has 0 saturated carbocycles. The third-order valence-corrected chi connectivity index (χ3v) is 5.23. The molecule has 0 aliphatic heterocycles. The van der Waals surface area contributed by atoms with Crippen LogP contribution in [0.2, 0.25) is 0 Å². The third kappa shape index (κ3) is 2.85. The highest BCUT2D eigenvalue weighted by atomic mass is 32.2. The zero-order valence-corrected chi connectivity index (χ0v) is 14.6. The van der Waals surface area contributed by atoms with Gasteiger partial charge in [-0.3, -0.25) is 0 Å². The van der Waals surface area contributed by atoms with Crippen LogP contribution in [0.25, 0.3) is 22.8 Å².